The lowest BCUT2D eigenvalue weighted by Gasteiger charge is -2.09. The predicted molar refractivity (Wildman–Crippen MR) is 136 cm³/mol. The standard InChI is InChI=1S/C28H42N2O4/c1-4-6-9-17-32-18-11-20-34-28(31)25-21-29-27(30-22-25)24-13-15-26(16-14-24)33-19-10-7-8-12-23(3)5-2/h13-16,21-23H,4-12,17-20H2,1-3H3. The van der Waals surface area contributed by atoms with Crippen LogP contribution in [0.1, 0.15) is 88.9 Å². The third kappa shape index (κ3) is 11.1. The zero-order chi connectivity index (χ0) is 24.4. The van der Waals surface area contributed by atoms with Crippen LogP contribution in [0.3, 0.4) is 0 Å². The second kappa shape index (κ2) is 17.0. The number of ether oxygens (including phenoxy) is 3. The molecule has 6 heteroatoms. The van der Waals surface area contributed by atoms with Gasteiger partial charge in [-0.25, -0.2) is 14.8 Å². The Labute approximate surface area is 205 Å². The van der Waals surface area contributed by atoms with Gasteiger partial charge in [-0.1, -0.05) is 59.3 Å². The molecule has 1 heterocycles. The molecule has 0 saturated heterocycles. The third-order valence-electron chi connectivity index (χ3n) is 5.87. The number of unbranched alkanes of at least 4 members (excludes halogenated alkanes) is 4. The molecular formula is C28H42N2O4. The summed E-state index contributed by atoms with van der Waals surface area (Å²) in [6.45, 7) is 9.16. The van der Waals surface area contributed by atoms with E-state index >= 15 is 0 Å². The zero-order valence-corrected chi connectivity index (χ0v) is 21.3. The highest BCUT2D eigenvalue weighted by molar-refractivity contribution is 5.88. The molecule has 34 heavy (non-hydrogen) atoms. The Hall–Kier alpha value is -2.47. The summed E-state index contributed by atoms with van der Waals surface area (Å²) >= 11 is 0. The average Bonchev–Trinajstić information content (AvgIpc) is 2.87. The summed E-state index contributed by atoms with van der Waals surface area (Å²) in [7, 11) is 0. The van der Waals surface area contributed by atoms with Crippen LogP contribution in [0.25, 0.3) is 11.4 Å². The molecule has 1 aromatic carbocycles. The number of aromatic nitrogens is 2. The topological polar surface area (TPSA) is 70.5 Å². The molecule has 1 atom stereocenters. The Morgan fingerprint density at radius 1 is 0.853 bits per heavy atom. The van der Waals surface area contributed by atoms with E-state index < -0.39 is 5.97 Å². The molecular weight excluding hydrogens is 428 g/mol. The van der Waals surface area contributed by atoms with Crippen molar-refractivity contribution < 1.29 is 19.0 Å². The van der Waals surface area contributed by atoms with Crippen molar-refractivity contribution in [2.45, 2.75) is 78.6 Å². The maximum absolute atomic E-state index is 12.2. The van der Waals surface area contributed by atoms with Crippen molar-refractivity contribution in [1.29, 1.82) is 0 Å². The Kier molecular flexibility index (Phi) is 13.9. The van der Waals surface area contributed by atoms with Crippen LogP contribution < -0.4 is 4.74 Å². The number of nitrogens with zero attached hydrogens (tertiary/aromatic N) is 2. The van der Waals surface area contributed by atoms with Gasteiger partial charge in [0.2, 0.25) is 0 Å². The molecule has 1 aromatic heterocycles. The van der Waals surface area contributed by atoms with Gasteiger partial charge in [0.1, 0.15) is 5.75 Å². The molecule has 2 rings (SSSR count). The summed E-state index contributed by atoms with van der Waals surface area (Å²) in [5.74, 6) is 1.82. The minimum absolute atomic E-state index is 0.327. The number of carbonyl (C=O) groups is 1. The van der Waals surface area contributed by atoms with Crippen molar-refractivity contribution >= 4 is 5.97 Å². The van der Waals surface area contributed by atoms with Crippen LogP contribution in [-0.2, 0) is 9.47 Å². The van der Waals surface area contributed by atoms with Crippen molar-refractivity contribution in [3.63, 3.8) is 0 Å². The van der Waals surface area contributed by atoms with Gasteiger partial charge in [-0.2, -0.15) is 0 Å². The fourth-order valence-corrected chi connectivity index (χ4v) is 3.41. The number of benzene rings is 1. The monoisotopic (exact) mass is 470 g/mol. The van der Waals surface area contributed by atoms with E-state index in [0.717, 1.165) is 43.3 Å². The van der Waals surface area contributed by atoms with Gasteiger partial charge in [-0.3, -0.25) is 0 Å². The van der Waals surface area contributed by atoms with Gasteiger partial charge < -0.3 is 14.2 Å². The lowest BCUT2D eigenvalue weighted by atomic mass is 10.0. The second-order valence-electron chi connectivity index (χ2n) is 8.84. The lowest BCUT2D eigenvalue weighted by molar-refractivity contribution is 0.0443. The van der Waals surface area contributed by atoms with Crippen LogP contribution in [0.2, 0.25) is 0 Å². The van der Waals surface area contributed by atoms with Gasteiger partial charge in [-0.15, -0.1) is 0 Å². The second-order valence-corrected chi connectivity index (χ2v) is 8.84. The molecule has 0 spiro atoms. The smallest absolute Gasteiger partial charge is 0.341 e. The van der Waals surface area contributed by atoms with Crippen LogP contribution in [0.5, 0.6) is 5.75 Å². The minimum Gasteiger partial charge on any atom is -0.494 e. The number of hydrogen-bond acceptors (Lipinski definition) is 6. The molecule has 0 saturated carbocycles. The minimum atomic E-state index is -0.412. The summed E-state index contributed by atoms with van der Waals surface area (Å²) in [4.78, 5) is 20.8. The molecule has 0 fully saturated rings. The molecule has 0 amide bonds. The first-order valence-corrected chi connectivity index (χ1v) is 12.9. The van der Waals surface area contributed by atoms with Crippen molar-refractivity contribution in [2.24, 2.45) is 5.92 Å². The average molecular weight is 471 g/mol. The summed E-state index contributed by atoms with van der Waals surface area (Å²) in [5, 5.41) is 0. The van der Waals surface area contributed by atoms with Gasteiger partial charge in [0, 0.05) is 37.6 Å². The van der Waals surface area contributed by atoms with Crippen molar-refractivity contribution in [2.75, 3.05) is 26.4 Å². The van der Waals surface area contributed by atoms with E-state index in [0.29, 0.717) is 31.0 Å². The first kappa shape index (κ1) is 27.8. The Balaban J connectivity index is 1.67. The van der Waals surface area contributed by atoms with E-state index in [1.165, 1.54) is 50.9 Å². The predicted octanol–water partition coefficient (Wildman–Crippen LogP) is 6.88. The van der Waals surface area contributed by atoms with E-state index in [1.54, 1.807) is 0 Å². The molecule has 0 aliphatic heterocycles. The van der Waals surface area contributed by atoms with Gasteiger partial charge in [0.25, 0.3) is 0 Å². The van der Waals surface area contributed by atoms with Crippen LogP contribution in [0.4, 0.5) is 0 Å². The van der Waals surface area contributed by atoms with Gasteiger partial charge in [-0.05, 0) is 43.0 Å². The molecule has 0 aliphatic rings. The highest BCUT2D eigenvalue weighted by Gasteiger charge is 2.10. The highest BCUT2D eigenvalue weighted by atomic mass is 16.5. The zero-order valence-electron chi connectivity index (χ0n) is 21.3. The molecule has 6 nitrogen and oxygen atoms in total. The first-order valence-electron chi connectivity index (χ1n) is 12.9. The third-order valence-corrected chi connectivity index (χ3v) is 5.87. The van der Waals surface area contributed by atoms with Crippen LogP contribution in [0, 0.1) is 5.92 Å². The molecule has 0 aliphatic carbocycles. The highest BCUT2D eigenvalue weighted by Crippen LogP contribution is 2.20. The summed E-state index contributed by atoms with van der Waals surface area (Å²) < 4.78 is 16.7. The molecule has 2 aromatic rings. The Morgan fingerprint density at radius 3 is 2.26 bits per heavy atom. The quantitative estimate of drug-likeness (QED) is 0.175. The Bertz CT molecular complexity index is 793. The van der Waals surface area contributed by atoms with Crippen molar-refractivity contribution in [3.05, 3.63) is 42.2 Å². The summed E-state index contributed by atoms with van der Waals surface area (Å²) in [6.07, 6.45) is 13.3. The Morgan fingerprint density at radius 2 is 1.56 bits per heavy atom. The van der Waals surface area contributed by atoms with E-state index in [2.05, 4.69) is 30.7 Å². The maximum atomic E-state index is 12.2. The van der Waals surface area contributed by atoms with Gasteiger partial charge >= 0.3 is 5.97 Å². The van der Waals surface area contributed by atoms with Crippen molar-refractivity contribution in [3.8, 4) is 17.1 Å². The van der Waals surface area contributed by atoms with Crippen LogP contribution in [0.15, 0.2) is 36.7 Å². The number of carbonyl (C=O) groups excluding carboxylic acids is 1. The lowest BCUT2D eigenvalue weighted by Crippen LogP contribution is -2.09. The maximum Gasteiger partial charge on any atom is 0.341 e. The van der Waals surface area contributed by atoms with E-state index in [4.69, 9.17) is 14.2 Å². The summed E-state index contributed by atoms with van der Waals surface area (Å²) in [5.41, 5.74) is 1.22. The fraction of sp³-hybridized carbons (Fsp3) is 0.607. The molecule has 0 radical (unpaired) electrons. The van der Waals surface area contributed by atoms with Crippen molar-refractivity contribution in [1.82, 2.24) is 9.97 Å². The largest absolute Gasteiger partial charge is 0.494 e. The van der Waals surface area contributed by atoms with E-state index in [-0.39, 0.29) is 0 Å². The number of rotatable bonds is 18. The summed E-state index contributed by atoms with van der Waals surface area (Å²) in [6, 6.07) is 7.74. The van der Waals surface area contributed by atoms with E-state index in [1.807, 2.05) is 24.3 Å². The van der Waals surface area contributed by atoms with Crippen LogP contribution >= 0.6 is 0 Å². The normalized spacial score (nSPS) is 11.9. The number of hydrogen-bond donors (Lipinski definition) is 0. The molecule has 1 unspecified atom stereocenters. The first-order chi connectivity index (χ1) is 16.6. The van der Waals surface area contributed by atoms with Crippen LogP contribution in [-0.4, -0.2) is 42.4 Å². The molecule has 0 bridgehead atoms. The van der Waals surface area contributed by atoms with Gasteiger partial charge in [0.15, 0.2) is 5.82 Å². The molecule has 0 N–H and O–H groups in total. The molecule has 188 valence electrons. The van der Waals surface area contributed by atoms with Gasteiger partial charge in [0.05, 0.1) is 18.8 Å². The van der Waals surface area contributed by atoms with E-state index in [9.17, 15) is 4.79 Å². The SMILES string of the molecule is CCCCCOCCCOC(=O)c1cnc(-c2ccc(OCCCCCC(C)CC)cc2)nc1. The fourth-order valence-electron chi connectivity index (χ4n) is 3.41. The number of esters is 1.